The molecule has 2 aromatic heterocycles. The zero-order valence-electron chi connectivity index (χ0n) is 10.5. The second kappa shape index (κ2) is 5.75. The second-order valence-corrected chi connectivity index (χ2v) is 5.48. The van der Waals surface area contributed by atoms with Gasteiger partial charge in [0.2, 0.25) is 0 Å². The highest BCUT2D eigenvalue weighted by molar-refractivity contribution is 7.07. The first-order chi connectivity index (χ1) is 9.75. The van der Waals surface area contributed by atoms with E-state index in [4.69, 9.17) is 11.6 Å². The van der Waals surface area contributed by atoms with E-state index >= 15 is 0 Å². The number of hydrogen-bond donors (Lipinski definition) is 2. The molecule has 3 aromatic rings. The lowest BCUT2D eigenvalue weighted by molar-refractivity contribution is 0.192. The van der Waals surface area contributed by atoms with Gasteiger partial charge in [0.05, 0.1) is 6.10 Å². The molecule has 0 fully saturated rings. The van der Waals surface area contributed by atoms with Crippen LogP contribution in [0.4, 0.5) is 5.82 Å². The van der Waals surface area contributed by atoms with Crippen molar-refractivity contribution in [2.45, 2.75) is 6.10 Å². The van der Waals surface area contributed by atoms with Crippen LogP contribution in [-0.2, 0) is 0 Å². The predicted octanol–water partition coefficient (Wildman–Crippen LogP) is 3.49. The van der Waals surface area contributed by atoms with Crippen LogP contribution in [0.2, 0.25) is 5.15 Å². The van der Waals surface area contributed by atoms with Gasteiger partial charge in [0.25, 0.3) is 0 Å². The van der Waals surface area contributed by atoms with Crippen LogP contribution in [-0.4, -0.2) is 21.8 Å². The molecule has 1 aromatic carbocycles. The smallest absolute Gasteiger partial charge is 0.159 e. The number of thiophene rings is 1. The third-order valence-electron chi connectivity index (χ3n) is 3.03. The lowest BCUT2D eigenvalue weighted by Crippen LogP contribution is -2.13. The minimum absolute atomic E-state index is 0.372. The number of nitrogens with zero attached hydrogens (tertiary/aromatic N) is 2. The fourth-order valence-electron chi connectivity index (χ4n) is 1.98. The summed E-state index contributed by atoms with van der Waals surface area (Å²) < 4.78 is 0. The number of fused-ring (bicyclic) bond motifs is 1. The van der Waals surface area contributed by atoms with Crippen molar-refractivity contribution < 1.29 is 5.11 Å². The zero-order valence-corrected chi connectivity index (χ0v) is 12.0. The van der Waals surface area contributed by atoms with E-state index < -0.39 is 6.10 Å². The van der Waals surface area contributed by atoms with Crippen molar-refractivity contribution in [3.63, 3.8) is 0 Å². The van der Waals surface area contributed by atoms with E-state index in [-0.39, 0.29) is 0 Å². The van der Waals surface area contributed by atoms with Crippen molar-refractivity contribution in [1.29, 1.82) is 0 Å². The lowest BCUT2D eigenvalue weighted by Gasteiger charge is -2.12. The quantitative estimate of drug-likeness (QED) is 0.774. The fourth-order valence-corrected chi connectivity index (χ4v) is 2.89. The Balaban J connectivity index is 1.83. The molecule has 2 N–H and O–H groups in total. The van der Waals surface area contributed by atoms with Crippen molar-refractivity contribution in [2.24, 2.45) is 0 Å². The summed E-state index contributed by atoms with van der Waals surface area (Å²) in [5, 5.41) is 27.2. The molecule has 0 radical (unpaired) electrons. The SMILES string of the molecule is OC(CNc1nnc(Cl)c2ccccc12)c1ccsc1. The predicted molar refractivity (Wildman–Crippen MR) is 82.3 cm³/mol. The molecule has 0 aliphatic carbocycles. The standard InChI is InChI=1S/C14H12ClN3OS/c15-13-10-3-1-2-4-11(10)14(18-17-13)16-7-12(19)9-5-6-20-8-9/h1-6,8,12,19H,7H2,(H,16,18). The van der Waals surface area contributed by atoms with Gasteiger partial charge in [0.1, 0.15) is 0 Å². The topological polar surface area (TPSA) is 58.0 Å². The molecular formula is C14H12ClN3OS. The summed E-state index contributed by atoms with van der Waals surface area (Å²) in [5.41, 5.74) is 0.897. The Kier molecular flexibility index (Phi) is 3.82. The van der Waals surface area contributed by atoms with Gasteiger partial charge in [-0.3, -0.25) is 0 Å². The van der Waals surface area contributed by atoms with Crippen LogP contribution in [0.1, 0.15) is 11.7 Å². The van der Waals surface area contributed by atoms with Crippen LogP contribution < -0.4 is 5.32 Å². The maximum absolute atomic E-state index is 10.1. The van der Waals surface area contributed by atoms with E-state index in [2.05, 4.69) is 15.5 Å². The van der Waals surface area contributed by atoms with Gasteiger partial charge in [0.15, 0.2) is 11.0 Å². The van der Waals surface area contributed by atoms with Crippen molar-refractivity contribution in [3.05, 3.63) is 51.8 Å². The van der Waals surface area contributed by atoms with Gasteiger partial charge < -0.3 is 10.4 Å². The van der Waals surface area contributed by atoms with Gasteiger partial charge in [-0.25, -0.2) is 0 Å². The summed E-state index contributed by atoms with van der Waals surface area (Å²) >= 11 is 7.58. The highest BCUT2D eigenvalue weighted by Crippen LogP contribution is 2.26. The molecule has 3 rings (SSSR count). The maximum atomic E-state index is 10.1. The number of aliphatic hydroxyl groups excluding tert-OH is 1. The van der Waals surface area contributed by atoms with E-state index in [0.29, 0.717) is 17.5 Å². The summed E-state index contributed by atoms with van der Waals surface area (Å²) in [6.07, 6.45) is -0.572. The Morgan fingerprint density at radius 1 is 1.20 bits per heavy atom. The highest BCUT2D eigenvalue weighted by Gasteiger charge is 2.11. The first-order valence-corrected chi connectivity index (χ1v) is 7.43. The fraction of sp³-hybridized carbons (Fsp3) is 0.143. The van der Waals surface area contributed by atoms with Crippen LogP contribution in [0.15, 0.2) is 41.1 Å². The minimum atomic E-state index is -0.572. The van der Waals surface area contributed by atoms with Gasteiger partial charge >= 0.3 is 0 Å². The summed E-state index contributed by atoms with van der Waals surface area (Å²) in [5.74, 6) is 0.624. The van der Waals surface area contributed by atoms with Crippen LogP contribution >= 0.6 is 22.9 Å². The van der Waals surface area contributed by atoms with Crippen molar-refractivity contribution in [3.8, 4) is 0 Å². The van der Waals surface area contributed by atoms with E-state index in [1.54, 1.807) is 11.3 Å². The largest absolute Gasteiger partial charge is 0.387 e. The number of hydrogen-bond acceptors (Lipinski definition) is 5. The van der Waals surface area contributed by atoms with Gasteiger partial charge in [-0.15, -0.1) is 10.2 Å². The van der Waals surface area contributed by atoms with Crippen LogP contribution in [0.3, 0.4) is 0 Å². The Morgan fingerprint density at radius 2 is 2.00 bits per heavy atom. The molecule has 0 saturated heterocycles. The number of halogens is 1. The van der Waals surface area contributed by atoms with Crippen molar-refractivity contribution in [1.82, 2.24) is 10.2 Å². The molecule has 4 nitrogen and oxygen atoms in total. The number of aliphatic hydroxyl groups is 1. The number of rotatable bonds is 4. The van der Waals surface area contributed by atoms with Gasteiger partial charge in [-0.2, -0.15) is 11.3 Å². The maximum Gasteiger partial charge on any atom is 0.159 e. The highest BCUT2D eigenvalue weighted by atomic mass is 35.5. The molecule has 0 spiro atoms. The molecule has 2 heterocycles. The van der Waals surface area contributed by atoms with Gasteiger partial charge in [-0.1, -0.05) is 35.9 Å². The minimum Gasteiger partial charge on any atom is -0.387 e. The molecule has 1 atom stereocenters. The molecular weight excluding hydrogens is 294 g/mol. The first kappa shape index (κ1) is 13.3. The molecule has 20 heavy (non-hydrogen) atoms. The average molecular weight is 306 g/mol. The molecule has 0 aliphatic rings. The third-order valence-corrected chi connectivity index (χ3v) is 4.01. The third kappa shape index (κ3) is 2.60. The molecule has 0 bridgehead atoms. The molecule has 6 heteroatoms. The summed E-state index contributed by atoms with van der Waals surface area (Å²) in [6.45, 7) is 0.372. The monoisotopic (exact) mass is 305 g/mol. The lowest BCUT2D eigenvalue weighted by atomic mass is 10.1. The number of aromatic nitrogens is 2. The molecule has 0 aliphatic heterocycles. The number of anilines is 1. The summed E-state index contributed by atoms with van der Waals surface area (Å²) in [4.78, 5) is 0. The molecule has 0 saturated carbocycles. The van der Waals surface area contributed by atoms with E-state index in [1.165, 1.54) is 0 Å². The number of nitrogens with one attached hydrogen (secondary N) is 1. The molecule has 0 amide bonds. The molecule has 102 valence electrons. The van der Waals surface area contributed by atoms with Crippen LogP contribution in [0.5, 0.6) is 0 Å². The van der Waals surface area contributed by atoms with E-state index in [1.807, 2.05) is 41.1 Å². The Morgan fingerprint density at radius 3 is 2.75 bits per heavy atom. The van der Waals surface area contributed by atoms with Crippen LogP contribution in [0, 0.1) is 0 Å². The van der Waals surface area contributed by atoms with Crippen molar-refractivity contribution in [2.75, 3.05) is 11.9 Å². The Hall–Kier alpha value is -1.69. The Labute approximate surface area is 125 Å². The van der Waals surface area contributed by atoms with Gasteiger partial charge in [-0.05, 0) is 22.4 Å². The summed E-state index contributed by atoms with van der Waals surface area (Å²) in [6, 6.07) is 9.55. The Bertz CT molecular complexity index is 718. The summed E-state index contributed by atoms with van der Waals surface area (Å²) in [7, 11) is 0. The van der Waals surface area contributed by atoms with E-state index in [9.17, 15) is 5.11 Å². The van der Waals surface area contributed by atoms with Gasteiger partial charge in [0, 0.05) is 17.3 Å². The first-order valence-electron chi connectivity index (χ1n) is 6.10. The number of benzene rings is 1. The second-order valence-electron chi connectivity index (χ2n) is 4.34. The zero-order chi connectivity index (χ0) is 13.9. The normalized spacial score (nSPS) is 12.5. The average Bonchev–Trinajstić information content (AvgIpc) is 3.01. The molecule has 1 unspecified atom stereocenters. The van der Waals surface area contributed by atoms with Crippen molar-refractivity contribution >= 4 is 39.5 Å². The van der Waals surface area contributed by atoms with Crippen LogP contribution in [0.25, 0.3) is 10.8 Å². The van der Waals surface area contributed by atoms with E-state index in [0.717, 1.165) is 16.3 Å².